The van der Waals surface area contributed by atoms with Crippen molar-refractivity contribution in [3.63, 3.8) is 0 Å². The van der Waals surface area contributed by atoms with E-state index in [1.165, 1.54) is 10.5 Å². The second-order valence-electron chi connectivity index (χ2n) is 10.4. The van der Waals surface area contributed by atoms with Crippen LogP contribution in [0, 0.1) is 11.8 Å². The summed E-state index contributed by atoms with van der Waals surface area (Å²) < 4.78 is 5.72. The van der Waals surface area contributed by atoms with Crippen LogP contribution in [0.2, 0.25) is 0 Å². The van der Waals surface area contributed by atoms with Crippen molar-refractivity contribution < 1.29 is 9.53 Å². The van der Waals surface area contributed by atoms with E-state index in [-0.39, 0.29) is 16.9 Å². The number of hydrogen-bond donors (Lipinski definition) is 0. The maximum Gasteiger partial charge on any atom is 0.230 e. The van der Waals surface area contributed by atoms with Crippen LogP contribution in [0.5, 0.6) is 0 Å². The van der Waals surface area contributed by atoms with Gasteiger partial charge in [0.1, 0.15) is 0 Å². The minimum absolute atomic E-state index is 0.106. The number of allylic oxidation sites excluding steroid dienone is 2. The molecule has 1 aliphatic heterocycles. The highest BCUT2D eigenvalue weighted by molar-refractivity contribution is 7.10. The van der Waals surface area contributed by atoms with Gasteiger partial charge in [0, 0.05) is 22.2 Å². The Labute approximate surface area is 174 Å². The Morgan fingerprint density at radius 3 is 2.50 bits per heavy atom. The first-order valence-corrected chi connectivity index (χ1v) is 11.8. The van der Waals surface area contributed by atoms with E-state index in [9.17, 15) is 4.79 Å². The van der Waals surface area contributed by atoms with Crippen LogP contribution in [0.1, 0.15) is 78.0 Å². The van der Waals surface area contributed by atoms with Gasteiger partial charge in [-0.15, -0.1) is 11.3 Å². The van der Waals surface area contributed by atoms with Gasteiger partial charge in [0.15, 0.2) is 0 Å². The van der Waals surface area contributed by atoms with Crippen LogP contribution in [-0.4, -0.2) is 24.2 Å². The van der Waals surface area contributed by atoms with Crippen LogP contribution in [0.15, 0.2) is 23.1 Å². The Hall–Kier alpha value is -1.13. The third kappa shape index (κ3) is 3.95. The van der Waals surface area contributed by atoms with E-state index in [1.807, 2.05) is 0 Å². The molecular weight excluding hydrogens is 366 g/mol. The summed E-state index contributed by atoms with van der Waals surface area (Å²) in [6.07, 6.45) is 8.52. The van der Waals surface area contributed by atoms with E-state index >= 15 is 0 Å². The number of thiophene rings is 1. The molecule has 28 heavy (non-hydrogen) atoms. The fraction of sp³-hybridized carbons (Fsp3) is 0.708. The number of anilines is 1. The molecule has 1 saturated carbocycles. The van der Waals surface area contributed by atoms with Gasteiger partial charge in [-0.05, 0) is 62.8 Å². The van der Waals surface area contributed by atoms with Crippen molar-refractivity contribution in [3.05, 3.63) is 28.0 Å². The van der Waals surface area contributed by atoms with Gasteiger partial charge in [-0.1, -0.05) is 39.3 Å². The molecule has 1 aromatic heterocycles. The van der Waals surface area contributed by atoms with Crippen molar-refractivity contribution in [2.45, 2.75) is 90.2 Å². The Kier molecular flexibility index (Phi) is 5.24. The predicted molar refractivity (Wildman–Crippen MR) is 117 cm³/mol. The molecule has 1 saturated heterocycles. The van der Waals surface area contributed by atoms with Crippen molar-refractivity contribution in [2.75, 3.05) is 11.5 Å². The fourth-order valence-corrected chi connectivity index (χ4v) is 5.93. The average Bonchev–Trinajstić information content (AvgIpc) is 3.18. The zero-order valence-electron chi connectivity index (χ0n) is 18.1. The number of amides is 1. The van der Waals surface area contributed by atoms with Crippen molar-refractivity contribution in [1.82, 2.24) is 0 Å². The molecule has 0 N–H and O–H groups in total. The second kappa shape index (κ2) is 7.28. The first kappa shape index (κ1) is 20.2. The number of carbonyl (C=O) groups excluding carboxylic acids is 1. The molecule has 0 aromatic carbocycles. The van der Waals surface area contributed by atoms with Crippen molar-refractivity contribution >= 4 is 22.9 Å². The first-order chi connectivity index (χ1) is 13.2. The van der Waals surface area contributed by atoms with Gasteiger partial charge >= 0.3 is 0 Å². The standard InChI is InChI=1S/C24H35NO2S/c1-16-6-7-20(17(2)12-16)22(26)25(18-8-10-24(11-9-18)15-27-24)19-13-21(28-14-19)23(3,4)5/h6,13-14,17-18,20H,7-12,15H2,1-5H3/t17-,18?,20-,24?/m0/s1. The van der Waals surface area contributed by atoms with E-state index in [0.717, 1.165) is 50.8 Å². The number of epoxide rings is 1. The molecule has 1 aromatic rings. The molecule has 2 atom stereocenters. The minimum atomic E-state index is 0.106. The third-order valence-corrected chi connectivity index (χ3v) is 8.34. The predicted octanol–water partition coefficient (Wildman–Crippen LogP) is 6.08. The smallest absolute Gasteiger partial charge is 0.230 e. The lowest BCUT2D eigenvalue weighted by atomic mass is 9.79. The van der Waals surface area contributed by atoms with E-state index in [4.69, 9.17) is 4.74 Å². The second-order valence-corrected chi connectivity index (χ2v) is 11.3. The average molecular weight is 402 g/mol. The number of hydrogen-bond acceptors (Lipinski definition) is 3. The molecule has 0 unspecified atom stereocenters. The lowest BCUT2D eigenvalue weighted by Gasteiger charge is -2.39. The van der Waals surface area contributed by atoms with Crippen molar-refractivity contribution in [3.8, 4) is 0 Å². The molecule has 4 heteroatoms. The van der Waals surface area contributed by atoms with Crippen LogP contribution < -0.4 is 4.90 Å². The van der Waals surface area contributed by atoms with Gasteiger partial charge in [-0.3, -0.25) is 4.79 Å². The van der Waals surface area contributed by atoms with Crippen LogP contribution in [0.25, 0.3) is 0 Å². The van der Waals surface area contributed by atoms with E-state index < -0.39 is 0 Å². The molecule has 3 nitrogen and oxygen atoms in total. The highest BCUT2D eigenvalue weighted by atomic mass is 32.1. The fourth-order valence-electron chi connectivity index (χ4n) is 4.96. The molecule has 1 amide bonds. The summed E-state index contributed by atoms with van der Waals surface area (Å²) in [6, 6.07) is 2.58. The summed E-state index contributed by atoms with van der Waals surface area (Å²) in [7, 11) is 0. The quantitative estimate of drug-likeness (QED) is 0.454. The SMILES string of the molecule is CC1=CC[C@H](C(=O)N(c2csc(C(C)(C)C)c2)C2CCC3(CC2)CO3)[C@@H](C)C1. The highest BCUT2D eigenvalue weighted by Crippen LogP contribution is 2.45. The van der Waals surface area contributed by atoms with Gasteiger partial charge < -0.3 is 9.64 Å². The van der Waals surface area contributed by atoms with Gasteiger partial charge in [-0.2, -0.15) is 0 Å². The van der Waals surface area contributed by atoms with Gasteiger partial charge in [0.25, 0.3) is 0 Å². The normalized spacial score (nSPS) is 32.9. The number of nitrogens with zero attached hydrogens (tertiary/aromatic N) is 1. The first-order valence-electron chi connectivity index (χ1n) is 10.9. The molecule has 1 spiro atoms. The molecule has 4 rings (SSSR count). The highest BCUT2D eigenvalue weighted by Gasteiger charge is 2.49. The number of ether oxygens (including phenoxy) is 1. The Morgan fingerprint density at radius 1 is 1.29 bits per heavy atom. The third-order valence-electron chi connectivity index (χ3n) is 6.99. The number of rotatable bonds is 3. The molecule has 3 aliphatic rings. The topological polar surface area (TPSA) is 32.8 Å². The lowest BCUT2D eigenvalue weighted by molar-refractivity contribution is -0.124. The Morgan fingerprint density at radius 2 is 1.96 bits per heavy atom. The summed E-state index contributed by atoms with van der Waals surface area (Å²) in [4.78, 5) is 17.4. The monoisotopic (exact) mass is 401 g/mol. The van der Waals surface area contributed by atoms with E-state index in [1.54, 1.807) is 11.3 Å². The summed E-state index contributed by atoms with van der Waals surface area (Å²) in [5.41, 5.74) is 2.83. The van der Waals surface area contributed by atoms with E-state index in [0.29, 0.717) is 17.9 Å². The largest absolute Gasteiger partial charge is 0.370 e. The maximum atomic E-state index is 13.8. The Bertz CT molecular complexity index is 758. The molecule has 2 fully saturated rings. The number of carbonyl (C=O) groups is 1. The summed E-state index contributed by atoms with van der Waals surface area (Å²) in [6.45, 7) is 12.1. The van der Waals surface area contributed by atoms with E-state index in [2.05, 4.69) is 57.0 Å². The van der Waals surface area contributed by atoms with Crippen molar-refractivity contribution in [1.29, 1.82) is 0 Å². The van der Waals surface area contributed by atoms with Crippen LogP contribution in [-0.2, 0) is 14.9 Å². The molecule has 0 radical (unpaired) electrons. The van der Waals surface area contributed by atoms with Gasteiger partial charge in [0.2, 0.25) is 5.91 Å². The molecule has 154 valence electrons. The van der Waals surface area contributed by atoms with Crippen LogP contribution >= 0.6 is 11.3 Å². The molecule has 2 aliphatic carbocycles. The summed E-state index contributed by atoms with van der Waals surface area (Å²) in [5.74, 6) is 0.865. The van der Waals surface area contributed by atoms with Gasteiger partial charge in [0.05, 0.1) is 17.9 Å². The minimum Gasteiger partial charge on any atom is -0.370 e. The lowest BCUT2D eigenvalue weighted by Crippen LogP contribution is -2.48. The zero-order chi connectivity index (χ0) is 20.1. The molecule has 2 heterocycles. The van der Waals surface area contributed by atoms with Crippen molar-refractivity contribution in [2.24, 2.45) is 11.8 Å². The zero-order valence-corrected chi connectivity index (χ0v) is 18.9. The van der Waals surface area contributed by atoms with Crippen LogP contribution in [0.4, 0.5) is 5.69 Å². The molecule has 0 bridgehead atoms. The summed E-state index contributed by atoms with van der Waals surface area (Å²) in [5, 5.41) is 2.21. The maximum absolute atomic E-state index is 13.8. The van der Waals surface area contributed by atoms with Crippen LogP contribution in [0.3, 0.4) is 0 Å². The summed E-state index contributed by atoms with van der Waals surface area (Å²) >= 11 is 1.80. The van der Waals surface area contributed by atoms with Gasteiger partial charge in [-0.25, -0.2) is 0 Å². The Balaban J connectivity index is 1.61. The molecular formula is C24H35NO2S.